The summed E-state index contributed by atoms with van der Waals surface area (Å²) in [5.74, 6) is 2.25. The molecule has 4 heteroatoms. The van der Waals surface area contributed by atoms with Crippen molar-refractivity contribution in [3.8, 4) is 5.75 Å². The van der Waals surface area contributed by atoms with Gasteiger partial charge < -0.3 is 14.7 Å². The standard InChI is InChI=1S/C23H35NO3/c1-4-7-16(2)27-21-11-6-10-19(14-21)23(26)24(3)22-18-9-5-8-17(12-18)13-20(22)15-25/h6,10-11,14,16-18,20,22,25H,4-5,7-9,12-13,15H2,1-3H3. The molecule has 5 unspecified atom stereocenters. The van der Waals surface area contributed by atoms with Crippen LogP contribution in [0.25, 0.3) is 0 Å². The maximum absolute atomic E-state index is 13.2. The second kappa shape index (κ2) is 9.09. The van der Waals surface area contributed by atoms with Crippen LogP contribution in [0.5, 0.6) is 5.75 Å². The monoisotopic (exact) mass is 373 g/mol. The van der Waals surface area contributed by atoms with Crippen LogP contribution in [-0.2, 0) is 0 Å². The smallest absolute Gasteiger partial charge is 0.253 e. The molecule has 2 bridgehead atoms. The van der Waals surface area contributed by atoms with Crippen molar-refractivity contribution in [2.45, 2.75) is 70.9 Å². The van der Waals surface area contributed by atoms with Gasteiger partial charge in [0.2, 0.25) is 0 Å². The lowest BCUT2D eigenvalue weighted by molar-refractivity contribution is 0.000113. The van der Waals surface area contributed by atoms with Crippen molar-refractivity contribution in [3.05, 3.63) is 29.8 Å². The van der Waals surface area contributed by atoms with Crippen molar-refractivity contribution in [2.24, 2.45) is 17.8 Å². The van der Waals surface area contributed by atoms with Gasteiger partial charge in [0, 0.05) is 31.2 Å². The quantitative estimate of drug-likeness (QED) is 0.765. The van der Waals surface area contributed by atoms with E-state index in [4.69, 9.17) is 4.74 Å². The number of rotatable bonds is 7. The van der Waals surface area contributed by atoms with Gasteiger partial charge in [0.15, 0.2) is 0 Å². The minimum absolute atomic E-state index is 0.0380. The van der Waals surface area contributed by atoms with Gasteiger partial charge in [0.05, 0.1) is 6.10 Å². The Balaban J connectivity index is 1.74. The number of benzene rings is 1. The number of amides is 1. The normalized spacial score (nSPS) is 28.4. The summed E-state index contributed by atoms with van der Waals surface area (Å²) in [5, 5.41) is 9.95. The number of ether oxygens (including phenoxy) is 1. The summed E-state index contributed by atoms with van der Waals surface area (Å²) < 4.78 is 5.97. The van der Waals surface area contributed by atoms with Crippen LogP contribution in [0.3, 0.4) is 0 Å². The molecule has 1 aromatic carbocycles. The highest BCUT2D eigenvalue weighted by atomic mass is 16.5. The Morgan fingerprint density at radius 3 is 2.89 bits per heavy atom. The molecule has 0 aliphatic heterocycles. The van der Waals surface area contributed by atoms with Crippen LogP contribution in [0, 0.1) is 17.8 Å². The van der Waals surface area contributed by atoms with E-state index in [1.807, 2.05) is 36.2 Å². The van der Waals surface area contributed by atoms with E-state index in [0.29, 0.717) is 11.5 Å². The molecule has 2 fully saturated rings. The first-order valence-electron chi connectivity index (χ1n) is 10.7. The lowest BCUT2D eigenvalue weighted by Crippen LogP contribution is -2.52. The summed E-state index contributed by atoms with van der Waals surface area (Å²) in [6.07, 6.45) is 8.19. The third kappa shape index (κ3) is 4.66. The maximum atomic E-state index is 13.2. The van der Waals surface area contributed by atoms with Gasteiger partial charge in [-0.05, 0) is 62.6 Å². The van der Waals surface area contributed by atoms with Gasteiger partial charge >= 0.3 is 0 Å². The van der Waals surface area contributed by atoms with E-state index in [0.717, 1.165) is 30.9 Å². The number of aliphatic hydroxyl groups is 1. The Morgan fingerprint density at radius 2 is 2.15 bits per heavy atom. The van der Waals surface area contributed by atoms with E-state index in [-0.39, 0.29) is 30.6 Å². The molecule has 0 radical (unpaired) electrons. The van der Waals surface area contributed by atoms with Gasteiger partial charge in [-0.3, -0.25) is 4.79 Å². The van der Waals surface area contributed by atoms with Crippen LogP contribution < -0.4 is 4.74 Å². The molecule has 2 aliphatic rings. The molecule has 0 spiro atoms. The van der Waals surface area contributed by atoms with Gasteiger partial charge in [-0.25, -0.2) is 0 Å². The lowest BCUT2D eigenvalue weighted by atomic mass is 9.65. The van der Waals surface area contributed by atoms with Gasteiger partial charge in [-0.2, -0.15) is 0 Å². The topological polar surface area (TPSA) is 49.8 Å². The predicted molar refractivity (Wildman–Crippen MR) is 108 cm³/mol. The third-order valence-electron chi connectivity index (χ3n) is 6.54. The molecule has 1 amide bonds. The molecule has 2 aliphatic carbocycles. The van der Waals surface area contributed by atoms with Gasteiger partial charge in [-0.1, -0.05) is 32.3 Å². The molecule has 0 saturated heterocycles. The van der Waals surface area contributed by atoms with E-state index in [2.05, 4.69) is 13.8 Å². The number of hydrogen-bond donors (Lipinski definition) is 1. The summed E-state index contributed by atoms with van der Waals surface area (Å²) in [6.45, 7) is 4.39. The number of hydrogen-bond acceptors (Lipinski definition) is 3. The number of fused-ring (bicyclic) bond motifs is 2. The molecule has 27 heavy (non-hydrogen) atoms. The molecule has 150 valence electrons. The number of carbonyl (C=O) groups excluding carboxylic acids is 1. The fourth-order valence-corrected chi connectivity index (χ4v) is 5.36. The summed E-state index contributed by atoms with van der Waals surface area (Å²) in [7, 11) is 1.91. The number of nitrogens with zero attached hydrogens (tertiary/aromatic N) is 1. The lowest BCUT2D eigenvalue weighted by Gasteiger charge is -2.48. The van der Waals surface area contributed by atoms with Crippen molar-refractivity contribution in [1.82, 2.24) is 4.90 Å². The highest BCUT2D eigenvalue weighted by Crippen LogP contribution is 2.44. The Kier molecular flexibility index (Phi) is 6.80. The number of aliphatic hydroxyl groups excluding tert-OH is 1. The van der Waals surface area contributed by atoms with Gasteiger partial charge in [-0.15, -0.1) is 0 Å². The largest absolute Gasteiger partial charge is 0.491 e. The van der Waals surface area contributed by atoms with E-state index >= 15 is 0 Å². The fraction of sp³-hybridized carbons (Fsp3) is 0.696. The van der Waals surface area contributed by atoms with Gasteiger partial charge in [0.25, 0.3) is 5.91 Å². The van der Waals surface area contributed by atoms with E-state index in [1.54, 1.807) is 0 Å². The molecular weight excluding hydrogens is 338 g/mol. The van der Waals surface area contributed by atoms with Crippen molar-refractivity contribution in [1.29, 1.82) is 0 Å². The van der Waals surface area contributed by atoms with E-state index in [9.17, 15) is 9.90 Å². The first-order valence-corrected chi connectivity index (χ1v) is 10.7. The minimum Gasteiger partial charge on any atom is -0.491 e. The summed E-state index contributed by atoms with van der Waals surface area (Å²) in [4.78, 5) is 15.1. The Bertz CT molecular complexity index is 630. The van der Waals surface area contributed by atoms with Crippen LogP contribution in [0.4, 0.5) is 0 Å². The SMILES string of the molecule is CCCC(C)Oc1cccc(C(=O)N(C)C2C(CO)CC3CCCC2C3)c1. The first kappa shape index (κ1) is 20.2. The molecule has 4 nitrogen and oxygen atoms in total. The Hall–Kier alpha value is -1.55. The summed E-state index contributed by atoms with van der Waals surface area (Å²) >= 11 is 0. The van der Waals surface area contributed by atoms with Crippen LogP contribution >= 0.6 is 0 Å². The summed E-state index contributed by atoms with van der Waals surface area (Å²) in [6, 6.07) is 7.70. The highest BCUT2D eigenvalue weighted by molar-refractivity contribution is 5.94. The molecule has 2 saturated carbocycles. The highest BCUT2D eigenvalue weighted by Gasteiger charge is 2.42. The summed E-state index contributed by atoms with van der Waals surface area (Å²) in [5.41, 5.74) is 0.674. The van der Waals surface area contributed by atoms with Crippen LogP contribution in [-0.4, -0.2) is 41.7 Å². The minimum atomic E-state index is 0.0380. The Labute approximate surface area is 163 Å². The first-order chi connectivity index (χ1) is 13.0. The Morgan fingerprint density at radius 1 is 1.33 bits per heavy atom. The maximum Gasteiger partial charge on any atom is 0.253 e. The third-order valence-corrected chi connectivity index (χ3v) is 6.54. The fourth-order valence-electron chi connectivity index (χ4n) is 5.36. The average Bonchev–Trinajstić information content (AvgIpc) is 2.67. The second-order valence-electron chi connectivity index (χ2n) is 8.62. The van der Waals surface area contributed by atoms with Crippen LogP contribution in [0.1, 0.15) is 69.2 Å². The van der Waals surface area contributed by atoms with Crippen molar-refractivity contribution in [3.63, 3.8) is 0 Å². The average molecular weight is 374 g/mol. The van der Waals surface area contributed by atoms with Crippen LogP contribution in [0.2, 0.25) is 0 Å². The zero-order valence-electron chi connectivity index (χ0n) is 17.1. The molecule has 3 rings (SSSR count). The zero-order valence-corrected chi connectivity index (χ0v) is 17.1. The molecule has 5 atom stereocenters. The molecule has 0 heterocycles. The van der Waals surface area contributed by atoms with Crippen molar-refractivity contribution in [2.75, 3.05) is 13.7 Å². The number of carbonyl (C=O) groups is 1. The van der Waals surface area contributed by atoms with E-state index < -0.39 is 0 Å². The second-order valence-corrected chi connectivity index (χ2v) is 8.62. The molecular formula is C23H35NO3. The molecule has 0 aromatic heterocycles. The van der Waals surface area contributed by atoms with Crippen LogP contribution in [0.15, 0.2) is 24.3 Å². The van der Waals surface area contributed by atoms with Crippen molar-refractivity contribution >= 4 is 5.91 Å². The van der Waals surface area contributed by atoms with E-state index in [1.165, 1.54) is 25.7 Å². The van der Waals surface area contributed by atoms with Gasteiger partial charge in [0.1, 0.15) is 5.75 Å². The molecule has 1 aromatic rings. The predicted octanol–water partition coefficient (Wildman–Crippen LogP) is 4.51. The zero-order chi connectivity index (χ0) is 19.4. The molecule has 1 N–H and O–H groups in total. The van der Waals surface area contributed by atoms with Crippen molar-refractivity contribution < 1.29 is 14.6 Å².